The minimum Gasteiger partial charge on any atom is -0.497 e. The number of nitrogens with one attached hydrogen (secondary N) is 4. The van der Waals surface area contributed by atoms with Crippen molar-refractivity contribution in [1.29, 1.82) is 0 Å². The van der Waals surface area contributed by atoms with Gasteiger partial charge in [0, 0.05) is 63.2 Å². The van der Waals surface area contributed by atoms with Crippen molar-refractivity contribution in [2.45, 2.75) is 57.2 Å². The zero-order valence-corrected chi connectivity index (χ0v) is 24.4. The van der Waals surface area contributed by atoms with Gasteiger partial charge in [0.15, 0.2) is 0 Å². The molecule has 12 nitrogen and oxygen atoms in total. The molecule has 4 N–H and O–H groups in total. The number of aromatic nitrogens is 2. The summed E-state index contributed by atoms with van der Waals surface area (Å²) in [7, 11) is 1.58. The van der Waals surface area contributed by atoms with Crippen LogP contribution in [0.1, 0.15) is 42.1 Å². The molecule has 4 amide bonds. The van der Waals surface area contributed by atoms with Crippen LogP contribution in [0.15, 0.2) is 55.0 Å². The predicted octanol–water partition coefficient (Wildman–Crippen LogP) is 2.58. The summed E-state index contributed by atoms with van der Waals surface area (Å²) in [6.45, 7) is 3.98. The molecular formula is C31H36N6O6. The van der Waals surface area contributed by atoms with Gasteiger partial charge >= 0.3 is 6.09 Å². The van der Waals surface area contributed by atoms with Gasteiger partial charge in [0.2, 0.25) is 17.7 Å². The number of anilines is 1. The summed E-state index contributed by atoms with van der Waals surface area (Å²) in [4.78, 5) is 60.5. The first kappa shape index (κ1) is 29.6. The molecule has 0 unspecified atom stereocenters. The van der Waals surface area contributed by atoms with E-state index >= 15 is 0 Å². The topological polar surface area (TPSA) is 155 Å². The molecule has 0 radical (unpaired) electrons. The number of hydrogen-bond acceptors (Lipinski definition) is 7. The number of amides is 4. The Kier molecular flexibility index (Phi) is 8.65. The Labute approximate surface area is 249 Å². The number of ether oxygens (including phenoxy) is 2. The SMILES string of the molecule is COc1ccc(C[C@@H](NC(=O)[C@H](Cc2cnc[nH]2)NC(C)=O)C(=O)N2CCC3(CC2)OC(=O)Nc2ccc(C)cc23)cc1. The zero-order valence-electron chi connectivity index (χ0n) is 24.4. The highest BCUT2D eigenvalue weighted by atomic mass is 16.6. The molecule has 1 aromatic heterocycles. The molecule has 0 bridgehead atoms. The number of rotatable bonds is 9. The minimum absolute atomic E-state index is 0.180. The molecule has 2 atom stereocenters. The molecule has 1 spiro atoms. The number of carbonyl (C=O) groups is 4. The van der Waals surface area contributed by atoms with Crippen molar-refractivity contribution in [2.75, 3.05) is 25.5 Å². The Balaban J connectivity index is 1.35. The second-order valence-corrected chi connectivity index (χ2v) is 11.0. The third kappa shape index (κ3) is 6.79. The van der Waals surface area contributed by atoms with Crippen LogP contribution >= 0.6 is 0 Å². The van der Waals surface area contributed by atoms with E-state index in [2.05, 4.69) is 25.9 Å². The highest BCUT2D eigenvalue weighted by Gasteiger charge is 2.46. The largest absolute Gasteiger partial charge is 0.497 e. The van der Waals surface area contributed by atoms with Gasteiger partial charge in [-0.3, -0.25) is 19.7 Å². The van der Waals surface area contributed by atoms with Gasteiger partial charge in [-0.15, -0.1) is 0 Å². The third-order valence-electron chi connectivity index (χ3n) is 7.96. The van der Waals surface area contributed by atoms with Gasteiger partial charge in [-0.25, -0.2) is 9.78 Å². The number of aryl methyl sites for hydroxylation is 1. The van der Waals surface area contributed by atoms with Crippen LogP contribution in [0.3, 0.4) is 0 Å². The third-order valence-corrected chi connectivity index (χ3v) is 7.96. The zero-order chi connectivity index (χ0) is 30.6. The summed E-state index contributed by atoms with van der Waals surface area (Å²) in [6.07, 6.45) is 3.81. The van der Waals surface area contributed by atoms with E-state index in [0.29, 0.717) is 43.1 Å². The molecule has 3 heterocycles. The number of likely N-dealkylation sites (tertiary alicyclic amines) is 1. The highest BCUT2D eigenvalue weighted by Crippen LogP contribution is 2.44. The highest BCUT2D eigenvalue weighted by molar-refractivity contribution is 5.92. The summed E-state index contributed by atoms with van der Waals surface area (Å²) < 4.78 is 11.1. The number of imidazole rings is 1. The fraction of sp³-hybridized carbons (Fsp3) is 0.387. The molecule has 2 aliphatic rings. The molecule has 5 rings (SSSR count). The van der Waals surface area contributed by atoms with Crippen LogP contribution in [0.2, 0.25) is 0 Å². The Bertz CT molecular complexity index is 1480. The Hall–Kier alpha value is -4.87. The second kappa shape index (κ2) is 12.6. The molecule has 2 aromatic carbocycles. The molecule has 0 saturated carbocycles. The number of aromatic amines is 1. The number of piperidine rings is 1. The van der Waals surface area contributed by atoms with Crippen LogP contribution in [0.5, 0.6) is 5.75 Å². The van der Waals surface area contributed by atoms with Gasteiger partial charge in [0.05, 0.1) is 19.1 Å². The Morgan fingerprint density at radius 3 is 2.47 bits per heavy atom. The normalized spacial score (nSPS) is 16.7. The molecule has 1 fully saturated rings. The molecule has 1 saturated heterocycles. The first-order valence-electron chi connectivity index (χ1n) is 14.2. The van der Waals surface area contributed by atoms with Crippen molar-refractivity contribution >= 4 is 29.5 Å². The average molecular weight is 589 g/mol. The van der Waals surface area contributed by atoms with Crippen molar-refractivity contribution in [3.05, 3.63) is 77.4 Å². The van der Waals surface area contributed by atoms with E-state index in [-0.39, 0.29) is 24.7 Å². The quantitative estimate of drug-likeness (QED) is 0.300. The van der Waals surface area contributed by atoms with E-state index in [1.807, 2.05) is 37.3 Å². The number of hydrogen-bond donors (Lipinski definition) is 4. The van der Waals surface area contributed by atoms with E-state index in [1.165, 1.54) is 13.3 Å². The Morgan fingerprint density at radius 1 is 1.07 bits per heavy atom. The molecular weight excluding hydrogens is 552 g/mol. The number of methoxy groups -OCH3 is 1. The van der Waals surface area contributed by atoms with Gasteiger partial charge in [-0.2, -0.15) is 0 Å². The molecule has 0 aliphatic carbocycles. The van der Waals surface area contributed by atoms with Crippen molar-refractivity contribution in [3.63, 3.8) is 0 Å². The van der Waals surface area contributed by atoms with E-state index in [9.17, 15) is 19.2 Å². The van der Waals surface area contributed by atoms with E-state index < -0.39 is 29.7 Å². The van der Waals surface area contributed by atoms with Crippen LogP contribution in [0, 0.1) is 6.92 Å². The number of benzene rings is 2. The molecule has 43 heavy (non-hydrogen) atoms. The van der Waals surface area contributed by atoms with Gasteiger partial charge < -0.3 is 30.0 Å². The lowest BCUT2D eigenvalue weighted by Crippen LogP contribution is -2.57. The number of nitrogens with zero attached hydrogens (tertiary/aromatic N) is 2. The maximum absolute atomic E-state index is 14.0. The van der Waals surface area contributed by atoms with Gasteiger partial charge in [-0.1, -0.05) is 23.8 Å². The van der Waals surface area contributed by atoms with Crippen LogP contribution in [-0.4, -0.2) is 71.0 Å². The number of carbonyl (C=O) groups excluding carboxylic acids is 4. The second-order valence-electron chi connectivity index (χ2n) is 11.0. The summed E-state index contributed by atoms with van der Waals surface area (Å²) in [5.74, 6) is -0.436. The standard InChI is InChI=1S/C31H36N6O6/c1-19-4-9-25-24(14-19)31(43-30(41)36-25)10-12-37(13-11-31)29(40)27(15-21-5-7-23(42-3)8-6-21)35-28(39)26(34-20(2)38)16-22-17-32-18-33-22/h4-9,14,17-18,26-27H,10-13,15-16H2,1-3H3,(H,32,33)(H,34,38)(H,35,39)(H,36,41)/t26-,27+/m0/s1. The first-order chi connectivity index (χ1) is 20.7. The minimum atomic E-state index is -0.914. The van der Waals surface area contributed by atoms with Crippen LogP contribution in [0.4, 0.5) is 10.5 Å². The summed E-state index contributed by atoms with van der Waals surface area (Å²) in [5, 5.41) is 8.36. The number of H-pyrrole nitrogens is 1. The van der Waals surface area contributed by atoms with Gasteiger partial charge in [-0.05, 0) is 36.8 Å². The Morgan fingerprint density at radius 2 is 1.81 bits per heavy atom. The fourth-order valence-corrected chi connectivity index (χ4v) is 5.73. The maximum atomic E-state index is 14.0. The van der Waals surface area contributed by atoms with Crippen molar-refractivity contribution in [1.82, 2.24) is 25.5 Å². The van der Waals surface area contributed by atoms with Crippen molar-refractivity contribution < 1.29 is 28.7 Å². The van der Waals surface area contributed by atoms with Crippen LogP contribution < -0.4 is 20.7 Å². The lowest BCUT2D eigenvalue weighted by molar-refractivity contribution is -0.141. The first-order valence-corrected chi connectivity index (χ1v) is 14.2. The molecule has 226 valence electrons. The summed E-state index contributed by atoms with van der Waals surface area (Å²) in [6, 6.07) is 11.3. The lowest BCUT2D eigenvalue weighted by atomic mass is 9.81. The van der Waals surface area contributed by atoms with E-state index in [1.54, 1.807) is 30.3 Å². The summed E-state index contributed by atoms with van der Waals surface area (Å²) in [5.41, 5.74) is 3.32. The van der Waals surface area contributed by atoms with Gasteiger partial charge in [0.1, 0.15) is 23.4 Å². The summed E-state index contributed by atoms with van der Waals surface area (Å²) >= 11 is 0. The monoisotopic (exact) mass is 588 g/mol. The van der Waals surface area contributed by atoms with Crippen molar-refractivity contribution in [2.24, 2.45) is 0 Å². The smallest absolute Gasteiger partial charge is 0.412 e. The maximum Gasteiger partial charge on any atom is 0.412 e. The molecule has 3 aromatic rings. The fourth-order valence-electron chi connectivity index (χ4n) is 5.73. The predicted molar refractivity (Wildman–Crippen MR) is 157 cm³/mol. The molecule has 12 heteroatoms. The van der Waals surface area contributed by atoms with E-state index in [4.69, 9.17) is 9.47 Å². The lowest BCUT2D eigenvalue weighted by Gasteiger charge is -2.45. The van der Waals surface area contributed by atoms with Crippen LogP contribution in [0.25, 0.3) is 0 Å². The van der Waals surface area contributed by atoms with Crippen LogP contribution in [-0.2, 0) is 37.6 Å². The number of fused-ring (bicyclic) bond motifs is 2. The van der Waals surface area contributed by atoms with E-state index in [0.717, 1.165) is 16.7 Å². The van der Waals surface area contributed by atoms with Crippen molar-refractivity contribution in [3.8, 4) is 5.75 Å². The van der Waals surface area contributed by atoms with Gasteiger partial charge in [0.25, 0.3) is 0 Å². The average Bonchev–Trinajstić information content (AvgIpc) is 3.50. The molecule has 2 aliphatic heterocycles.